The molecule has 112 valence electrons. The number of carbonyl (C=O) groups is 2. The van der Waals surface area contributed by atoms with E-state index in [9.17, 15) is 24.3 Å². The van der Waals surface area contributed by atoms with Crippen molar-refractivity contribution in [3.05, 3.63) is 62.3 Å². The minimum Gasteiger partial charge on any atom is -0.507 e. The first-order valence-corrected chi connectivity index (χ1v) is 6.51. The number of rotatable bonds is 0. The lowest BCUT2D eigenvalue weighted by atomic mass is 9.99. The van der Waals surface area contributed by atoms with Gasteiger partial charge in [-0.05, 0) is 29.0 Å². The zero-order valence-corrected chi connectivity index (χ0v) is 11.3. The Morgan fingerprint density at radius 3 is 2.00 bits per heavy atom. The van der Waals surface area contributed by atoms with E-state index in [0.717, 1.165) is 0 Å². The Kier molecular flexibility index (Phi) is 2.45. The fourth-order valence-electron chi connectivity index (χ4n) is 2.69. The molecular weight excluding hydrogens is 304 g/mol. The molecule has 0 radical (unpaired) electrons. The highest BCUT2D eigenvalue weighted by atomic mass is 16.6. The Bertz CT molecular complexity index is 1170. The highest BCUT2D eigenvalue weighted by Crippen LogP contribution is 2.31. The topological polar surface area (TPSA) is 111 Å². The maximum Gasteiger partial charge on any atom is 0.349 e. The first kappa shape index (κ1) is 13.2. The smallest absolute Gasteiger partial charge is 0.349 e. The summed E-state index contributed by atoms with van der Waals surface area (Å²) in [4.78, 5) is 48.0. The molecular formula is C16H6O7. The molecule has 1 aliphatic rings. The lowest BCUT2D eigenvalue weighted by Gasteiger charge is -2.00. The van der Waals surface area contributed by atoms with E-state index < -0.39 is 28.9 Å². The van der Waals surface area contributed by atoms with Gasteiger partial charge in [-0.15, -0.1) is 0 Å². The molecule has 5 heterocycles. The second-order valence-corrected chi connectivity index (χ2v) is 5.00. The average Bonchev–Trinajstić information content (AvgIpc) is 2.79. The fourth-order valence-corrected chi connectivity index (χ4v) is 2.69. The van der Waals surface area contributed by atoms with Crippen molar-refractivity contribution in [1.82, 2.24) is 0 Å². The lowest BCUT2D eigenvalue weighted by molar-refractivity contribution is 0.0445. The molecule has 1 aliphatic heterocycles. The second kappa shape index (κ2) is 4.26. The molecule has 0 saturated carbocycles. The van der Waals surface area contributed by atoms with Crippen LogP contribution >= 0.6 is 0 Å². The molecule has 7 rings (SSSR count). The summed E-state index contributed by atoms with van der Waals surface area (Å²) in [6.07, 6.45) is 0. The van der Waals surface area contributed by atoms with Gasteiger partial charge in [-0.25, -0.2) is 19.2 Å². The van der Waals surface area contributed by atoms with Crippen molar-refractivity contribution in [2.75, 3.05) is 0 Å². The van der Waals surface area contributed by atoms with Gasteiger partial charge >= 0.3 is 23.2 Å². The summed E-state index contributed by atoms with van der Waals surface area (Å²) >= 11 is 0. The Morgan fingerprint density at radius 1 is 0.739 bits per heavy atom. The molecule has 0 unspecified atom stereocenters. The maximum absolute atomic E-state index is 12.1. The number of phenols is 1. The SMILES string of the molecule is O=C1OC(=O)c2c1c1ccc2c2ccc(c(O)c2)c(=O)oc1=O. The van der Waals surface area contributed by atoms with Crippen LogP contribution in [0.2, 0.25) is 0 Å². The van der Waals surface area contributed by atoms with Crippen LogP contribution in [0.1, 0.15) is 20.7 Å². The standard InChI is InChI=1S/C16H6O7/c17-10-5-6-1-2-8(10)13(18)22-14(19)9-4-3-7(6)11-12(9)16(21)23-15(11)20/h1-5,17H. The van der Waals surface area contributed by atoms with Gasteiger partial charge < -0.3 is 14.3 Å². The summed E-state index contributed by atoms with van der Waals surface area (Å²) in [5.74, 6) is -2.29. The van der Waals surface area contributed by atoms with Crippen molar-refractivity contribution < 1.29 is 23.8 Å². The summed E-state index contributed by atoms with van der Waals surface area (Å²) in [5.41, 5.74) is -2.50. The zero-order valence-electron chi connectivity index (χ0n) is 11.3. The molecule has 7 heteroatoms. The number of cyclic esters (lactones) is 2. The first-order valence-electron chi connectivity index (χ1n) is 6.51. The Hall–Kier alpha value is -3.48. The van der Waals surface area contributed by atoms with Crippen molar-refractivity contribution in [2.24, 2.45) is 0 Å². The van der Waals surface area contributed by atoms with Crippen LogP contribution in [0.15, 0.2) is 44.3 Å². The van der Waals surface area contributed by atoms with Gasteiger partial charge in [-0.2, -0.15) is 0 Å². The van der Waals surface area contributed by atoms with Crippen LogP contribution in [0.4, 0.5) is 0 Å². The van der Waals surface area contributed by atoms with E-state index in [0.29, 0.717) is 10.8 Å². The summed E-state index contributed by atoms with van der Waals surface area (Å²) in [5, 5.41) is 10.2. The zero-order chi connectivity index (χ0) is 16.3. The molecule has 23 heavy (non-hydrogen) atoms. The predicted octanol–water partition coefficient (Wildman–Crippen LogP) is 1.32. The molecule has 7 nitrogen and oxygen atoms in total. The van der Waals surface area contributed by atoms with E-state index in [2.05, 4.69) is 9.15 Å². The van der Waals surface area contributed by atoms with Gasteiger partial charge in [-0.3, -0.25) is 0 Å². The van der Waals surface area contributed by atoms with E-state index in [-0.39, 0.29) is 21.9 Å². The van der Waals surface area contributed by atoms with Crippen LogP contribution in [-0.2, 0) is 4.74 Å². The predicted molar refractivity (Wildman–Crippen MR) is 77.7 cm³/mol. The largest absolute Gasteiger partial charge is 0.507 e. The van der Waals surface area contributed by atoms with E-state index in [1.807, 2.05) is 0 Å². The van der Waals surface area contributed by atoms with Crippen LogP contribution in [0.3, 0.4) is 0 Å². The van der Waals surface area contributed by atoms with Crippen molar-refractivity contribution in [1.29, 1.82) is 0 Å². The van der Waals surface area contributed by atoms with Gasteiger partial charge in [0.25, 0.3) is 0 Å². The van der Waals surface area contributed by atoms with E-state index in [4.69, 9.17) is 0 Å². The molecule has 0 amide bonds. The van der Waals surface area contributed by atoms with Crippen LogP contribution < -0.4 is 11.3 Å². The van der Waals surface area contributed by atoms with Crippen LogP contribution in [0.25, 0.3) is 21.5 Å². The summed E-state index contributed by atoms with van der Waals surface area (Å²) in [6, 6.07) is 6.69. The number of hydrogen-bond donors (Lipinski definition) is 1. The molecule has 4 aromatic heterocycles. The molecule has 0 spiro atoms. The summed E-state index contributed by atoms with van der Waals surface area (Å²) in [6.45, 7) is 0. The minimum atomic E-state index is -1.10. The number of benzene rings is 2. The average molecular weight is 310 g/mol. The van der Waals surface area contributed by atoms with Crippen LogP contribution in [-0.4, -0.2) is 17.0 Å². The number of phenolic OH excluding ortho intramolecular Hbond substituents is 1. The molecule has 0 fully saturated rings. The number of hydrogen-bond acceptors (Lipinski definition) is 7. The molecule has 0 atom stereocenters. The van der Waals surface area contributed by atoms with Gasteiger partial charge in [0, 0.05) is 0 Å². The maximum atomic E-state index is 12.1. The highest BCUT2D eigenvalue weighted by Gasteiger charge is 2.34. The third kappa shape index (κ3) is 1.70. The normalized spacial score (nSPS) is 13.4. The van der Waals surface area contributed by atoms with E-state index in [1.54, 1.807) is 0 Å². The van der Waals surface area contributed by atoms with E-state index >= 15 is 0 Å². The number of carbonyl (C=O) groups excluding carboxylic acids is 2. The molecule has 6 aromatic rings. The third-order valence-electron chi connectivity index (χ3n) is 3.73. The summed E-state index contributed by atoms with van der Waals surface area (Å²) in [7, 11) is 0. The van der Waals surface area contributed by atoms with E-state index in [1.165, 1.54) is 30.3 Å². The van der Waals surface area contributed by atoms with Crippen LogP contribution in [0, 0.1) is 0 Å². The minimum absolute atomic E-state index is 0.0917. The number of ether oxygens (including phenoxy) is 1. The van der Waals surface area contributed by atoms with Crippen molar-refractivity contribution in [3.63, 3.8) is 0 Å². The molecule has 2 aromatic carbocycles. The fraction of sp³-hybridized carbons (Fsp3) is 0. The van der Waals surface area contributed by atoms with Gasteiger partial charge in [-0.1, -0.05) is 12.1 Å². The molecule has 0 aliphatic carbocycles. The van der Waals surface area contributed by atoms with Crippen molar-refractivity contribution in [3.8, 4) is 5.75 Å². The van der Waals surface area contributed by atoms with Gasteiger partial charge in [0.1, 0.15) is 11.1 Å². The highest BCUT2D eigenvalue weighted by molar-refractivity contribution is 6.24. The molecule has 4 bridgehead atoms. The molecule has 0 saturated heterocycles. The first-order chi connectivity index (χ1) is 11.0. The van der Waals surface area contributed by atoms with Crippen LogP contribution in [0.5, 0.6) is 5.75 Å². The molecule has 1 N–H and O–H groups in total. The summed E-state index contributed by atoms with van der Waals surface area (Å²) < 4.78 is 9.24. The Morgan fingerprint density at radius 2 is 1.30 bits per heavy atom. The number of esters is 2. The lowest BCUT2D eigenvalue weighted by Crippen LogP contribution is -2.09. The van der Waals surface area contributed by atoms with Gasteiger partial charge in [0.05, 0.1) is 16.5 Å². The van der Waals surface area contributed by atoms with Crippen molar-refractivity contribution in [2.45, 2.75) is 0 Å². The van der Waals surface area contributed by atoms with Crippen molar-refractivity contribution >= 4 is 33.5 Å². The third-order valence-corrected chi connectivity index (χ3v) is 3.73. The second-order valence-electron chi connectivity index (χ2n) is 5.00. The quantitative estimate of drug-likeness (QED) is 0.492. The monoisotopic (exact) mass is 310 g/mol. The Labute approximate surface area is 126 Å². The van der Waals surface area contributed by atoms with Gasteiger partial charge in [0.2, 0.25) is 0 Å². The van der Waals surface area contributed by atoms with Gasteiger partial charge in [0.15, 0.2) is 0 Å². The number of aromatic hydroxyl groups is 1. The Balaban J connectivity index is 2.46.